The second-order valence-corrected chi connectivity index (χ2v) is 4.41. The van der Waals surface area contributed by atoms with Crippen molar-refractivity contribution in [1.29, 1.82) is 0 Å². The summed E-state index contributed by atoms with van der Waals surface area (Å²) in [6.07, 6.45) is 1.30. The smallest absolute Gasteiger partial charge is 0.00205 e. The molecule has 0 heterocycles. The molecule has 0 spiro atoms. The predicted molar refractivity (Wildman–Crippen MR) is 56.3 cm³/mol. The Morgan fingerprint density at radius 3 is 1.92 bits per heavy atom. The van der Waals surface area contributed by atoms with Gasteiger partial charge in [-0.05, 0) is 30.8 Å². The highest BCUT2D eigenvalue weighted by Crippen LogP contribution is 2.12. The van der Waals surface area contributed by atoms with E-state index < -0.39 is 0 Å². The Kier molecular flexibility index (Phi) is 6.45. The van der Waals surface area contributed by atoms with Crippen LogP contribution in [0.15, 0.2) is 0 Å². The molecule has 2 atom stereocenters. The van der Waals surface area contributed by atoms with Gasteiger partial charge < -0.3 is 5.32 Å². The average Bonchev–Trinajstić information content (AvgIpc) is 2.02. The van der Waals surface area contributed by atoms with Crippen LogP contribution >= 0.6 is 0 Å². The van der Waals surface area contributed by atoms with Gasteiger partial charge in [0.2, 0.25) is 0 Å². The van der Waals surface area contributed by atoms with Gasteiger partial charge in [-0.2, -0.15) is 0 Å². The second-order valence-electron chi connectivity index (χ2n) is 4.41. The molecule has 1 heteroatoms. The van der Waals surface area contributed by atoms with E-state index in [4.69, 9.17) is 0 Å². The van der Waals surface area contributed by atoms with Crippen LogP contribution in [0.25, 0.3) is 0 Å². The number of nitrogens with one attached hydrogen (secondary N) is 1. The molecule has 1 unspecified atom stereocenters. The first-order chi connectivity index (χ1) is 5.57. The van der Waals surface area contributed by atoms with Gasteiger partial charge in [-0.15, -0.1) is 0 Å². The maximum atomic E-state index is 3.50. The number of hydrogen-bond acceptors (Lipinski definition) is 1. The van der Waals surface area contributed by atoms with Gasteiger partial charge in [-0.1, -0.05) is 41.0 Å². The van der Waals surface area contributed by atoms with Gasteiger partial charge in [0.25, 0.3) is 0 Å². The van der Waals surface area contributed by atoms with E-state index in [9.17, 15) is 0 Å². The molecule has 0 saturated carbocycles. The maximum absolute atomic E-state index is 3.50. The molecule has 0 radical (unpaired) electrons. The molecule has 1 N–H and O–H groups in total. The second kappa shape index (κ2) is 6.47. The first kappa shape index (κ1) is 12.0. The summed E-state index contributed by atoms with van der Waals surface area (Å²) < 4.78 is 0. The minimum Gasteiger partial charge on any atom is -0.316 e. The minimum absolute atomic E-state index is 0.772. The van der Waals surface area contributed by atoms with Crippen LogP contribution in [-0.4, -0.2) is 13.1 Å². The first-order valence-electron chi connectivity index (χ1n) is 5.28. The Hall–Kier alpha value is -0.0400. The highest BCUT2D eigenvalue weighted by molar-refractivity contribution is 4.63. The summed E-state index contributed by atoms with van der Waals surface area (Å²) in [6, 6.07) is 0. The lowest BCUT2D eigenvalue weighted by Gasteiger charge is -2.19. The van der Waals surface area contributed by atoms with E-state index in [0.29, 0.717) is 0 Å². The molecule has 0 amide bonds. The van der Waals surface area contributed by atoms with Crippen LogP contribution in [0.5, 0.6) is 0 Å². The summed E-state index contributed by atoms with van der Waals surface area (Å²) >= 11 is 0. The maximum Gasteiger partial charge on any atom is -0.00205 e. The minimum atomic E-state index is 0.772. The Balaban J connectivity index is 3.37. The molecule has 0 fully saturated rings. The first-order valence-corrected chi connectivity index (χ1v) is 5.28. The standard InChI is InChI=1S/C11H25N/c1-6-10(4)11(5)8-12-7-9(2)3/h9-12H,6-8H2,1-5H3/t10?,11-/m1/s1. The van der Waals surface area contributed by atoms with Crippen molar-refractivity contribution >= 4 is 0 Å². The summed E-state index contributed by atoms with van der Waals surface area (Å²) in [7, 11) is 0. The fraction of sp³-hybridized carbons (Fsp3) is 1.00. The quantitative estimate of drug-likeness (QED) is 0.648. The predicted octanol–water partition coefficient (Wildman–Crippen LogP) is 2.91. The van der Waals surface area contributed by atoms with E-state index >= 15 is 0 Å². The highest BCUT2D eigenvalue weighted by atomic mass is 14.9. The van der Waals surface area contributed by atoms with E-state index in [1.807, 2.05) is 0 Å². The van der Waals surface area contributed by atoms with Crippen molar-refractivity contribution in [3.63, 3.8) is 0 Å². The molecule has 0 aliphatic carbocycles. The zero-order chi connectivity index (χ0) is 9.56. The third kappa shape index (κ3) is 5.59. The number of hydrogen-bond donors (Lipinski definition) is 1. The summed E-state index contributed by atoms with van der Waals surface area (Å²) in [5.74, 6) is 2.44. The lowest BCUT2D eigenvalue weighted by atomic mass is 9.93. The molecule has 0 aliphatic rings. The van der Waals surface area contributed by atoms with Gasteiger partial charge in [0.1, 0.15) is 0 Å². The van der Waals surface area contributed by atoms with Crippen molar-refractivity contribution in [3.05, 3.63) is 0 Å². The van der Waals surface area contributed by atoms with Crippen LogP contribution in [0, 0.1) is 17.8 Å². The molecule has 0 aromatic heterocycles. The van der Waals surface area contributed by atoms with E-state index in [1.54, 1.807) is 0 Å². The average molecular weight is 171 g/mol. The monoisotopic (exact) mass is 171 g/mol. The molecule has 0 aromatic rings. The van der Waals surface area contributed by atoms with Gasteiger partial charge in [0.15, 0.2) is 0 Å². The molecule has 0 aliphatic heterocycles. The van der Waals surface area contributed by atoms with Gasteiger partial charge in [-0.3, -0.25) is 0 Å². The molecular weight excluding hydrogens is 146 g/mol. The molecule has 74 valence electrons. The SMILES string of the molecule is CCC(C)[C@H](C)CNCC(C)C. The van der Waals surface area contributed by atoms with Crippen LogP contribution in [0.1, 0.15) is 41.0 Å². The normalized spacial score (nSPS) is 16.5. The summed E-state index contributed by atoms with van der Waals surface area (Å²) in [4.78, 5) is 0. The molecule has 0 saturated heterocycles. The van der Waals surface area contributed by atoms with Gasteiger partial charge in [0.05, 0.1) is 0 Å². The molecule has 12 heavy (non-hydrogen) atoms. The van der Waals surface area contributed by atoms with E-state index in [0.717, 1.165) is 24.3 Å². The van der Waals surface area contributed by atoms with Crippen LogP contribution in [0.3, 0.4) is 0 Å². The third-order valence-electron chi connectivity index (χ3n) is 2.63. The van der Waals surface area contributed by atoms with Gasteiger partial charge in [-0.25, -0.2) is 0 Å². The third-order valence-corrected chi connectivity index (χ3v) is 2.63. The van der Waals surface area contributed by atoms with Crippen molar-refractivity contribution in [3.8, 4) is 0 Å². The number of rotatable bonds is 6. The van der Waals surface area contributed by atoms with Crippen molar-refractivity contribution in [2.45, 2.75) is 41.0 Å². The summed E-state index contributed by atoms with van der Waals surface area (Å²) in [6.45, 7) is 13.8. The Morgan fingerprint density at radius 2 is 1.50 bits per heavy atom. The zero-order valence-corrected chi connectivity index (χ0v) is 9.35. The van der Waals surface area contributed by atoms with Gasteiger partial charge in [0, 0.05) is 0 Å². The zero-order valence-electron chi connectivity index (χ0n) is 9.35. The Labute approximate surface area is 77.9 Å². The molecule has 0 bridgehead atoms. The van der Waals surface area contributed by atoms with Crippen molar-refractivity contribution in [2.75, 3.05) is 13.1 Å². The topological polar surface area (TPSA) is 12.0 Å². The molecule has 0 rings (SSSR count). The fourth-order valence-electron chi connectivity index (χ4n) is 1.20. The van der Waals surface area contributed by atoms with Crippen molar-refractivity contribution in [2.24, 2.45) is 17.8 Å². The Bertz CT molecular complexity index is 99.2. The van der Waals surface area contributed by atoms with E-state index in [2.05, 4.69) is 39.9 Å². The molecule has 1 nitrogen and oxygen atoms in total. The molecular formula is C11H25N. The van der Waals surface area contributed by atoms with Crippen molar-refractivity contribution < 1.29 is 0 Å². The van der Waals surface area contributed by atoms with Crippen LogP contribution in [0.2, 0.25) is 0 Å². The summed E-state index contributed by atoms with van der Waals surface area (Å²) in [5, 5.41) is 3.50. The molecule has 0 aromatic carbocycles. The van der Waals surface area contributed by atoms with Crippen LogP contribution in [0.4, 0.5) is 0 Å². The van der Waals surface area contributed by atoms with Gasteiger partial charge >= 0.3 is 0 Å². The lowest BCUT2D eigenvalue weighted by Crippen LogP contribution is -2.27. The van der Waals surface area contributed by atoms with E-state index in [1.165, 1.54) is 13.0 Å². The largest absolute Gasteiger partial charge is 0.316 e. The fourth-order valence-corrected chi connectivity index (χ4v) is 1.20. The van der Waals surface area contributed by atoms with Crippen molar-refractivity contribution in [1.82, 2.24) is 5.32 Å². The lowest BCUT2D eigenvalue weighted by molar-refractivity contribution is 0.351. The van der Waals surface area contributed by atoms with E-state index in [-0.39, 0.29) is 0 Å². The summed E-state index contributed by atoms with van der Waals surface area (Å²) in [5.41, 5.74) is 0. The Morgan fingerprint density at radius 1 is 0.917 bits per heavy atom. The van der Waals surface area contributed by atoms with Crippen LogP contribution in [-0.2, 0) is 0 Å². The highest BCUT2D eigenvalue weighted by Gasteiger charge is 2.08. The van der Waals surface area contributed by atoms with Crippen LogP contribution < -0.4 is 5.32 Å².